The maximum absolute atomic E-state index is 13.5. The number of benzene rings is 1. The molecule has 0 radical (unpaired) electrons. The summed E-state index contributed by atoms with van der Waals surface area (Å²) < 4.78 is 13.5. The fraction of sp³-hybridized carbons (Fsp3) is 0.462. The first-order valence-electron chi connectivity index (χ1n) is 5.94. The van der Waals surface area contributed by atoms with Crippen LogP contribution in [-0.2, 0) is 0 Å². The maximum atomic E-state index is 13.5. The zero-order valence-corrected chi connectivity index (χ0v) is 11.1. The van der Waals surface area contributed by atoms with E-state index in [1.807, 2.05) is 6.92 Å². The Hall–Kier alpha value is -1.13. The summed E-state index contributed by atoms with van der Waals surface area (Å²) >= 11 is 0. The Bertz CT molecular complexity index is 419. The molecule has 0 bridgehead atoms. The largest absolute Gasteiger partial charge is 0.348 e. The first-order chi connectivity index (χ1) is 8.16. The van der Waals surface area contributed by atoms with Crippen molar-refractivity contribution in [1.29, 1.82) is 0 Å². The molecule has 18 heavy (non-hydrogen) atoms. The van der Waals surface area contributed by atoms with Crippen LogP contribution in [0.4, 0.5) is 4.39 Å². The first-order valence-corrected chi connectivity index (χ1v) is 5.94. The van der Waals surface area contributed by atoms with Crippen molar-refractivity contribution in [2.24, 2.45) is 0 Å². The SMILES string of the molecule is Cc1ccc(F)c(C(=O)N[C@H]2CCCNC2)c1.Cl. The van der Waals surface area contributed by atoms with E-state index in [1.165, 1.54) is 6.07 Å². The molecule has 0 spiro atoms. The molecule has 100 valence electrons. The molecule has 1 heterocycles. The van der Waals surface area contributed by atoms with Gasteiger partial charge in [0.1, 0.15) is 5.82 Å². The van der Waals surface area contributed by atoms with Crippen LogP contribution in [0.2, 0.25) is 0 Å². The Labute approximate surface area is 113 Å². The monoisotopic (exact) mass is 272 g/mol. The summed E-state index contributed by atoms with van der Waals surface area (Å²) in [5, 5.41) is 6.07. The highest BCUT2D eigenvalue weighted by molar-refractivity contribution is 5.94. The standard InChI is InChI=1S/C13H17FN2O.ClH/c1-9-4-5-12(14)11(7-9)13(17)16-10-3-2-6-15-8-10;/h4-5,7,10,15H,2-3,6,8H2,1H3,(H,16,17);1H/t10-;/m0./s1. The minimum Gasteiger partial charge on any atom is -0.348 e. The number of hydrogen-bond donors (Lipinski definition) is 2. The molecule has 2 rings (SSSR count). The van der Waals surface area contributed by atoms with Crippen molar-refractivity contribution in [2.45, 2.75) is 25.8 Å². The van der Waals surface area contributed by atoms with Gasteiger partial charge in [0, 0.05) is 12.6 Å². The third-order valence-corrected chi connectivity index (χ3v) is 3.00. The van der Waals surface area contributed by atoms with Gasteiger partial charge in [-0.3, -0.25) is 4.79 Å². The average Bonchev–Trinajstić information content (AvgIpc) is 2.33. The Balaban J connectivity index is 0.00000162. The molecule has 5 heteroatoms. The van der Waals surface area contributed by atoms with Crippen LogP contribution in [0.25, 0.3) is 0 Å². The minimum absolute atomic E-state index is 0. The van der Waals surface area contributed by atoms with Gasteiger partial charge in [-0.1, -0.05) is 11.6 Å². The number of nitrogens with one attached hydrogen (secondary N) is 2. The van der Waals surface area contributed by atoms with Crippen LogP contribution < -0.4 is 10.6 Å². The van der Waals surface area contributed by atoms with Gasteiger partial charge < -0.3 is 10.6 Å². The van der Waals surface area contributed by atoms with E-state index in [0.29, 0.717) is 0 Å². The van der Waals surface area contributed by atoms with Crippen LogP contribution in [0.15, 0.2) is 18.2 Å². The van der Waals surface area contributed by atoms with Gasteiger partial charge in [0.15, 0.2) is 0 Å². The fourth-order valence-corrected chi connectivity index (χ4v) is 2.05. The normalized spacial score (nSPS) is 18.9. The quantitative estimate of drug-likeness (QED) is 0.865. The summed E-state index contributed by atoms with van der Waals surface area (Å²) in [7, 11) is 0. The van der Waals surface area contributed by atoms with E-state index < -0.39 is 5.82 Å². The average molecular weight is 273 g/mol. The van der Waals surface area contributed by atoms with Crippen molar-refractivity contribution in [3.8, 4) is 0 Å². The van der Waals surface area contributed by atoms with E-state index in [1.54, 1.807) is 12.1 Å². The molecule has 1 aliphatic rings. The van der Waals surface area contributed by atoms with Crippen molar-refractivity contribution < 1.29 is 9.18 Å². The fourth-order valence-electron chi connectivity index (χ4n) is 2.05. The molecule has 0 saturated carbocycles. The maximum Gasteiger partial charge on any atom is 0.254 e. The van der Waals surface area contributed by atoms with Gasteiger partial charge in [0.25, 0.3) is 5.91 Å². The van der Waals surface area contributed by atoms with Crippen molar-refractivity contribution in [3.63, 3.8) is 0 Å². The highest BCUT2D eigenvalue weighted by atomic mass is 35.5. The molecule has 3 nitrogen and oxygen atoms in total. The molecule has 1 amide bonds. The molecular formula is C13H18ClFN2O. The number of carbonyl (C=O) groups is 1. The number of aryl methyl sites for hydroxylation is 1. The van der Waals surface area contributed by atoms with Crippen molar-refractivity contribution in [2.75, 3.05) is 13.1 Å². The van der Waals surface area contributed by atoms with Gasteiger partial charge in [-0.2, -0.15) is 0 Å². The molecular weight excluding hydrogens is 255 g/mol. The zero-order chi connectivity index (χ0) is 12.3. The molecule has 1 aromatic carbocycles. The highest BCUT2D eigenvalue weighted by Crippen LogP contribution is 2.11. The lowest BCUT2D eigenvalue weighted by molar-refractivity contribution is 0.0926. The first kappa shape index (κ1) is 14.9. The topological polar surface area (TPSA) is 41.1 Å². The van der Waals surface area contributed by atoms with E-state index >= 15 is 0 Å². The van der Waals surface area contributed by atoms with Crippen LogP contribution in [0.5, 0.6) is 0 Å². The van der Waals surface area contributed by atoms with E-state index in [4.69, 9.17) is 0 Å². The summed E-state index contributed by atoms with van der Waals surface area (Å²) in [4.78, 5) is 11.9. The lowest BCUT2D eigenvalue weighted by Crippen LogP contribution is -2.45. The molecule has 0 unspecified atom stereocenters. The molecule has 0 aromatic heterocycles. The zero-order valence-electron chi connectivity index (χ0n) is 10.3. The van der Waals surface area contributed by atoms with E-state index in [2.05, 4.69) is 10.6 Å². The summed E-state index contributed by atoms with van der Waals surface area (Å²) in [6.45, 7) is 3.60. The Morgan fingerprint density at radius 1 is 1.50 bits per heavy atom. The van der Waals surface area contributed by atoms with Crippen LogP contribution in [-0.4, -0.2) is 25.0 Å². The Morgan fingerprint density at radius 3 is 2.94 bits per heavy atom. The van der Waals surface area contributed by atoms with Gasteiger partial charge in [-0.25, -0.2) is 4.39 Å². The molecule has 1 aliphatic heterocycles. The lowest BCUT2D eigenvalue weighted by atomic mass is 10.1. The Kier molecular flexibility index (Phi) is 5.56. The summed E-state index contributed by atoms with van der Waals surface area (Å²) in [5.74, 6) is -0.781. The molecule has 0 aliphatic carbocycles. The summed E-state index contributed by atoms with van der Waals surface area (Å²) in [6.07, 6.45) is 1.99. The smallest absolute Gasteiger partial charge is 0.254 e. The number of halogens is 2. The van der Waals surface area contributed by atoms with Crippen molar-refractivity contribution >= 4 is 18.3 Å². The molecule has 1 atom stereocenters. The molecule has 1 aromatic rings. The summed E-state index contributed by atoms with van der Waals surface area (Å²) in [6, 6.07) is 4.69. The van der Waals surface area contributed by atoms with E-state index in [0.717, 1.165) is 31.5 Å². The molecule has 1 saturated heterocycles. The van der Waals surface area contributed by atoms with E-state index in [9.17, 15) is 9.18 Å². The van der Waals surface area contributed by atoms with Crippen molar-refractivity contribution in [1.82, 2.24) is 10.6 Å². The van der Waals surface area contributed by atoms with Crippen molar-refractivity contribution in [3.05, 3.63) is 35.1 Å². The highest BCUT2D eigenvalue weighted by Gasteiger charge is 2.18. The number of amides is 1. The van der Waals surface area contributed by atoms with Crippen LogP contribution in [0.1, 0.15) is 28.8 Å². The predicted molar refractivity (Wildman–Crippen MR) is 71.7 cm³/mol. The number of piperidine rings is 1. The van der Waals surface area contributed by atoms with E-state index in [-0.39, 0.29) is 29.9 Å². The van der Waals surface area contributed by atoms with Gasteiger partial charge >= 0.3 is 0 Å². The molecule has 2 N–H and O–H groups in total. The third-order valence-electron chi connectivity index (χ3n) is 3.00. The number of carbonyl (C=O) groups excluding carboxylic acids is 1. The predicted octanol–water partition coefficient (Wildman–Crippen LogP) is 2.04. The van der Waals surface area contributed by atoms with Gasteiger partial charge in [0.05, 0.1) is 5.56 Å². The lowest BCUT2D eigenvalue weighted by Gasteiger charge is -2.23. The number of hydrogen-bond acceptors (Lipinski definition) is 2. The van der Waals surface area contributed by atoms with Gasteiger partial charge in [-0.05, 0) is 38.4 Å². The Morgan fingerprint density at radius 2 is 2.28 bits per heavy atom. The van der Waals surface area contributed by atoms with Gasteiger partial charge in [0.2, 0.25) is 0 Å². The minimum atomic E-state index is -0.461. The van der Waals surface area contributed by atoms with Crippen LogP contribution in [0, 0.1) is 12.7 Å². The second-order valence-electron chi connectivity index (χ2n) is 4.50. The summed E-state index contributed by atoms with van der Waals surface area (Å²) in [5.41, 5.74) is 1.02. The second-order valence-corrected chi connectivity index (χ2v) is 4.50. The van der Waals surface area contributed by atoms with Crippen LogP contribution >= 0.6 is 12.4 Å². The van der Waals surface area contributed by atoms with Gasteiger partial charge in [-0.15, -0.1) is 12.4 Å². The molecule has 1 fully saturated rings. The second kappa shape index (κ2) is 6.71. The third kappa shape index (κ3) is 3.68. The number of rotatable bonds is 2. The van der Waals surface area contributed by atoms with Crippen LogP contribution in [0.3, 0.4) is 0 Å².